The number of hydrogen-bond acceptors (Lipinski definition) is 6. The third kappa shape index (κ3) is 5.18. The summed E-state index contributed by atoms with van der Waals surface area (Å²) in [4.78, 5) is 54.0. The molecular weight excluding hydrogens is 494 g/mol. The number of nitrogens with one attached hydrogen (secondary N) is 1. The van der Waals surface area contributed by atoms with E-state index in [1.165, 1.54) is 5.56 Å². The molecule has 3 fully saturated rings. The van der Waals surface area contributed by atoms with Crippen molar-refractivity contribution in [2.45, 2.75) is 42.3 Å². The molecule has 9 heteroatoms. The van der Waals surface area contributed by atoms with Gasteiger partial charge in [-0.2, -0.15) is 0 Å². The molecule has 3 saturated heterocycles. The summed E-state index contributed by atoms with van der Waals surface area (Å²) in [6.45, 7) is 1.01. The largest absolute Gasteiger partial charge is 0.329 e. The van der Waals surface area contributed by atoms with Gasteiger partial charge in [0.05, 0.1) is 4.58 Å². The Kier molecular flexibility index (Phi) is 7.67. The van der Waals surface area contributed by atoms with Crippen LogP contribution < -0.4 is 5.32 Å². The van der Waals surface area contributed by atoms with Crippen molar-refractivity contribution in [2.24, 2.45) is 0 Å². The lowest BCUT2D eigenvalue weighted by Crippen LogP contribution is -2.51. The van der Waals surface area contributed by atoms with Crippen LogP contribution in [-0.4, -0.2) is 70.5 Å². The fourth-order valence-electron chi connectivity index (χ4n) is 5.13. The molecule has 2 atom stereocenters. The number of rotatable bonds is 6. The molecule has 36 heavy (non-hydrogen) atoms. The average molecular weight is 524 g/mol. The number of carbonyl (C=O) groups is 4. The van der Waals surface area contributed by atoms with Crippen LogP contribution >= 0.6 is 23.5 Å². The highest BCUT2D eigenvalue weighted by molar-refractivity contribution is 8.19. The highest BCUT2D eigenvalue weighted by Gasteiger charge is 2.42. The van der Waals surface area contributed by atoms with Crippen molar-refractivity contribution in [3.05, 3.63) is 65.2 Å². The molecule has 0 aliphatic carbocycles. The maximum Gasteiger partial charge on any atom is 0.254 e. The molecule has 7 nitrogen and oxygen atoms in total. The van der Waals surface area contributed by atoms with E-state index in [0.29, 0.717) is 41.6 Å². The summed E-state index contributed by atoms with van der Waals surface area (Å²) in [7, 11) is 0. The van der Waals surface area contributed by atoms with Crippen molar-refractivity contribution >= 4 is 53.2 Å². The molecule has 2 aromatic rings. The zero-order valence-corrected chi connectivity index (χ0v) is 21.6. The van der Waals surface area contributed by atoms with Gasteiger partial charge in [0, 0.05) is 41.4 Å². The molecule has 2 aromatic carbocycles. The number of hydrogen-bond donors (Lipinski definition) is 1. The molecule has 0 bridgehead atoms. The molecule has 188 valence electrons. The summed E-state index contributed by atoms with van der Waals surface area (Å²) in [5.74, 6) is 1.76. The van der Waals surface area contributed by atoms with E-state index in [4.69, 9.17) is 0 Å². The number of benzene rings is 2. The Morgan fingerprint density at radius 1 is 0.833 bits per heavy atom. The summed E-state index contributed by atoms with van der Waals surface area (Å²) in [5, 5.41) is 2.99. The zero-order valence-electron chi connectivity index (χ0n) is 19.9. The summed E-state index contributed by atoms with van der Waals surface area (Å²) >= 11 is 3.89. The maximum absolute atomic E-state index is 13.6. The van der Waals surface area contributed by atoms with Crippen LogP contribution in [0.25, 0.3) is 0 Å². The van der Waals surface area contributed by atoms with Crippen molar-refractivity contribution in [1.82, 2.24) is 9.80 Å². The first-order valence-corrected chi connectivity index (χ1v) is 14.5. The summed E-state index contributed by atoms with van der Waals surface area (Å²) in [5.41, 5.74) is 2.93. The van der Waals surface area contributed by atoms with Gasteiger partial charge in [-0.3, -0.25) is 19.2 Å². The lowest BCUT2D eigenvalue weighted by Gasteiger charge is -2.31. The number of thioether (sulfide) groups is 2. The number of amides is 3. The van der Waals surface area contributed by atoms with E-state index in [1.807, 2.05) is 35.7 Å². The second-order valence-corrected chi connectivity index (χ2v) is 12.0. The zero-order chi connectivity index (χ0) is 25.1. The van der Waals surface area contributed by atoms with Gasteiger partial charge in [0.15, 0.2) is 0 Å². The van der Waals surface area contributed by atoms with Gasteiger partial charge < -0.3 is 15.1 Å². The molecule has 0 saturated carbocycles. The molecule has 3 aliphatic rings. The second kappa shape index (κ2) is 11.1. The summed E-state index contributed by atoms with van der Waals surface area (Å²) in [6.07, 6.45) is 3.42. The van der Waals surface area contributed by atoms with Crippen LogP contribution in [0.4, 0.5) is 5.69 Å². The number of nitrogens with zero attached hydrogens (tertiary/aromatic N) is 2. The van der Waals surface area contributed by atoms with E-state index in [-0.39, 0.29) is 17.7 Å². The standard InChI is InChI=1S/C27H29N3O4S2/c31-17-18-5-7-19(8-6-18)25(33)30-14-2-4-23(30)26(34)29-13-1-3-22(29)24(32)28-21-11-9-20(10-12-21)27-35-15-16-36-27/h5-12,17,22-23,27H,1-4,13-16H2,(H,28,32)/t22?,23-/m1/s1. The first kappa shape index (κ1) is 24.9. The van der Waals surface area contributed by atoms with E-state index in [0.717, 1.165) is 36.3 Å². The monoisotopic (exact) mass is 523 g/mol. The van der Waals surface area contributed by atoms with E-state index in [1.54, 1.807) is 34.1 Å². The van der Waals surface area contributed by atoms with Gasteiger partial charge in [-0.05, 0) is 55.5 Å². The maximum atomic E-state index is 13.6. The normalized spacial score (nSPS) is 22.1. The lowest BCUT2D eigenvalue weighted by atomic mass is 10.1. The topological polar surface area (TPSA) is 86.8 Å². The molecular formula is C27H29N3O4S2. The Balaban J connectivity index is 1.24. The highest BCUT2D eigenvalue weighted by Crippen LogP contribution is 2.45. The van der Waals surface area contributed by atoms with Gasteiger partial charge in [0.25, 0.3) is 5.91 Å². The fourth-order valence-corrected chi connectivity index (χ4v) is 7.99. The van der Waals surface area contributed by atoms with Crippen LogP contribution in [0.5, 0.6) is 0 Å². The van der Waals surface area contributed by atoms with Crippen molar-refractivity contribution in [1.29, 1.82) is 0 Å². The van der Waals surface area contributed by atoms with Crippen LogP contribution in [0.15, 0.2) is 48.5 Å². The molecule has 5 rings (SSSR count). The minimum absolute atomic E-state index is 0.159. The van der Waals surface area contributed by atoms with Crippen molar-refractivity contribution in [3.63, 3.8) is 0 Å². The van der Waals surface area contributed by atoms with Gasteiger partial charge in [-0.25, -0.2) is 0 Å². The van der Waals surface area contributed by atoms with Crippen LogP contribution in [0, 0.1) is 0 Å². The van der Waals surface area contributed by atoms with Gasteiger partial charge in [-0.15, -0.1) is 23.5 Å². The quantitative estimate of drug-likeness (QED) is 0.571. The van der Waals surface area contributed by atoms with Crippen molar-refractivity contribution in [2.75, 3.05) is 29.9 Å². The first-order valence-electron chi connectivity index (χ1n) is 12.4. The number of likely N-dealkylation sites (tertiary alicyclic amines) is 2. The van der Waals surface area contributed by atoms with E-state index >= 15 is 0 Å². The number of anilines is 1. The summed E-state index contributed by atoms with van der Waals surface area (Å²) in [6, 6.07) is 13.3. The first-order chi connectivity index (χ1) is 17.5. The SMILES string of the molecule is O=Cc1ccc(C(=O)N2CCC[C@@H]2C(=O)N2CCCC2C(=O)Nc2ccc(C3SCCS3)cc2)cc1. The lowest BCUT2D eigenvalue weighted by molar-refractivity contribution is -0.139. The molecule has 1 N–H and O–H groups in total. The average Bonchev–Trinajstić information content (AvgIpc) is 3.70. The smallest absolute Gasteiger partial charge is 0.254 e. The van der Waals surface area contributed by atoms with Crippen molar-refractivity contribution < 1.29 is 19.2 Å². The Labute approximate surface area is 219 Å². The Hall–Kier alpha value is -2.78. The van der Waals surface area contributed by atoms with Crippen LogP contribution in [0.3, 0.4) is 0 Å². The Bertz CT molecular complexity index is 1130. The predicted molar refractivity (Wildman–Crippen MR) is 143 cm³/mol. The minimum Gasteiger partial charge on any atom is -0.329 e. The minimum atomic E-state index is -0.572. The third-order valence-electron chi connectivity index (χ3n) is 7.00. The van der Waals surface area contributed by atoms with Gasteiger partial charge in [0.2, 0.25) is 11.8 Å². The van der Waals surface area contributed by atoms with Crippen LogP contribution in [0.1, 0.15) is 56.5 Å². The number of carbonyl (C=O) groups excluding carboxylic acids is 4. The number of aldehydes is 1. The van der Waals surface area contributed by atoms with Gasteiger partial charge in [0.1, 0.15) is 18.4 Å². The molecule has 0 spiro atoms. The van der Waals surface area contributed by atoms with Gasteiger partial charge in [-0.1, -0.05) is 24.3 Å². The highest BCUT2D eigenvalue weighted by atomic mass is 32.2. The molecule has 3 aliphatic heterocycles. The molecule has 0 aromatic heterocycles. The van der Waals surface area contributed by atoms with Crippen molar-refractivity contribution in [3.8, 4) is 0 Å². The predicted octanol–water partition coefficient (Wildman–Crippen LogP) is 4.21. The van der Waals surface area contributed by atoms with Crippen LogP contribution in [0.2, 0.25) is 0 Å². The van der Waals surface area contributed by atoms with E-state index in [2.05, 4.69) is 17.4 Å². The fraction of sp³-hybridized carbons (Fsp3) is 0.407. The van der Waals surface area contributed by atoms with E-state index < -0.39 is 12.1 Å². The van der Waals surface area contributed by atoms with Gasteiger partial charge >= 0.3 is 0 Å². The molecule has 3 amide bonds. The van der Waals surface area contributed by atoms with Crippen LogP contribution in [-0.2, 0) is 9.59 Å². The Morgan fingerprint density at radius 2 is 1.47 bits per heavy atom. The Morgan fingerprint density at radius 3 is 2.14 bits per heavy atom. The third-order valence-corrected chi connectivity index (χ3v) is 10.1. The summed E-state index contributed by atoms with van der Waals surface area (Å²) < 4.78 is 0.456. The molecule has 3 heterocycles. The molecule has 0 radical (unpaired) electrons. The molecule has 1 unspecified atom stereocenters. The second-order valence-electron chi connectivity index (χ2n) is 9.27. The van der Waals surface area contributed by atoms with E-state index in [9.17, 15) is 19.2 Å².